The first kappa shape index (κ1) is 17.5. The zero-order chi connectivity index (χ0) is 17.9. The van der Waals surface area contributed by atoms with Gasteiger partial charge in [0.25, 0.3) is 0 Å². The molecule has 1 N–H and O–H groups in total. The molecule has 3 aromatic rings. The Labute approximate surface area is 165 Å². The number of hydrogen-bond acceptors (Lipinski definition) is 4. The van der Waals surface area contributed by atoms with E-state index in [2.05, 4.69) is 37.8 Å². The standard InChI is InChI=1S/C20H20IN3O2/c21-15-5-7-16(8-6-15)22-19(25)13-24-11-9-14(10-12-24)20-23-17-3-1-2-4-18(17)26-20/h1-8,14H,9-13H2,(H,22,25). The number of hydrogen-bond donors (Lipinski definition) is 1. The maximum absolute atomic E-state index is 12.2. The van der Waals surface area contributed by atoms with Gasteiger partial charge in [0.15, 0.2) is 11.5 Å². The second-order valence-corrected chi connectivity index (χ2v) is 7.87. The van der Waals surface area contributed by atoms with E-state index in [1.807, 2.05) is 48.5 Å². The number of aromatic nitrogens is 1. The molecule has 4 rings (SSSR count). The normalized spacial score (nSPS) is 16.0. The zero-order valence-electron chi connectivity index (χ0n) is 14.3. The number of fused-ring (bicyclic) bond motifs is 1. The number of benzene rings is 2. The van der Waals surface area contributed by atoms with Gasteiger partial charge in [0.1, 0.15) is 5.52 Å². The minimum Gasteiger partial charge on any atom is -0.440 e. The monoisotopic (exact) mass is 461 g/mol. The van der Waals surface area contributed by atoms with E-state index < -0.39 is 0 Å². The molecule has 0 aliphatic carbocycles. The highest BCUT2D eigenvalue weighted by Gasteiger charge is 2.25. The molecule has 2 heterocycles. The van der Waals surface area contributed by atoms with Crippen LogP contribution in [-0.2, 0) is 4.79 Å². The Kier molecular flexibility index (Phi) is 5.21. The number of likely N-dealkylation sites (tertiary alicyclic amines) is 1. The fourth-order valence-electron chi connectivity index (χ4n) is 3.34. The van der Waals surface area contributed by atoms with Crippen LogP contribution >= 0.6 is 22.6 Å². The number of piperidine rings is 1. The minimum atomic E-state index is 0.0338. The molecule has 0 saturated carbocycles. The first-order valence-corrected chi connectivity index (χ1v) is 9.88. The lowest BCUT2D eigenvalue weighted by atomic mass is 9.97. The van der Waals surface area contributed by atoms with Gasteiger partial charge in [-0.05, 0) is 84.9 Å². The molecule has 1 fully saturated rings. The van der Waals surface area contributed by atoms with E-state index in [1.165, 1.54) is 0 Å². The van der Waals surface area contributed by atoms with Gasteiger partial charge in [-0.15, -0.1) is 0 Å². The lowest BCUT2D eigenvalue weighted by Gasteiger charge is -2.29. The number of carbonyl (C=O) groups is 1. The number of oxazole rings is 1. The molecule has 5 nitrogen and oxygen atoms in total. The molecule has 6 heteroatoms. The van der Waals surface area contributed by atoms with Crippen LogP contribution in [0.4, 0.5) is 5.69 Å². The van der Waals surface area contributed by atoms with Crippen molar-refractivity contribution < 1.29 is 9.21 Å². The molecule has 1 aliphatic rings. The Morgan fingerprint density at radius 1 is 1.15 bits per heavy atom. The topological polar surface area (TPSA) is 58.4 Å². The highest BCUT2D eigenvalue weighted by molar-refractivity contribution is 14.1. The number of carbonyl (C=O) groups excluding carboxylic acids is 1. The summed E-state index contributed by atoms with van der Waals surface area (Å²) in [5.74, 6) is 1.19. The van der Waals surface area contributed by atoms with Crippen LogP contribution in [0.5, 0.6) is 0 Å². The summed E-state index contributed by atoms with van der Waals surface area (Å²) in [5.41, 5.74) is 2.61. The van der Waals surface area contributed by atoms with Crippen LogP contribution in [0.25, 0.3) is 11.1 Å². The Morgan fingerprint density at radius 3 is 2.62 bits per heavy atom. The smallest absolute Gasteiger partial charge is 0.238 e. The molecule has 0 bridgehead atoms. The van der Waals surface area contributed by atoms with Crippen molar-refractivity contribution >= 4 is 45.3 Å². The van der Waals surface area contributed by atoms with Crippen molar-refractivity contribution in [2.24, 2.45) is 0 Å². The van der Waals surface area contributed by atoms with Gasteiger partial charge in [0.2, 0.25) is 5.91 Å². The van der Waals surface area contributed by atoms with Crippen molar-refractivity contribution in [3.8, 4) is 0 Å². The van der Waals surface area contributed by atoms with Crippen LogP contribution in [0, 0.1) is 3.57 Å². The Morgan fingerprint density at radius 2 is 1.88 bits per heavy atom. The molecule has 0 atom stereocenters. The van der Waals surface area contributed by atoms with Crippen LogP contribution in [0.1, 0.15) is 24.7 Å². The quantitative estimate of drug-likeness (QED) is 0.591. The van der Waals surface area contributed by atoms with Crippen molar-refractivity contribution in [2.75, 3.05) is 25.0 Å². The molecule has 1 saturated heterocycles. The second kappa shape index (κ2) is 7.75. The zero-order valence-corrected chi connectivity index (χ0v) is 16.5. The number of anilines is 1. The fourth-order valence-corrected chi connectivity index (χ4v) is 3.70. The SMILES string of the molecule is O=C(CN1CCC(c2nc3ccccc3o2)CC1)Nc1ccc(I)cc1. The van der Waals surface area contributed by atoms with Crippen molar-refractivity contribution in [2.45, 2.75) is 18.8 Å². The van der Waals surface area contributed by atoms with E-state index in [-0.39, 0.29) is 5.91 Å². The highest BCUT2D eigenvalue weighted by Crippen LogP contribution is 2.29. The molecule has 0 radical (unpaired) electrons. The van der Waals surface area contributed by atoms with Crippen molar-refractivity contribution in [3.63, 3.8) is 0 Å². The van der Waals surface area contributed by atoms with Gasteiger partial charge < -0.3 is 9.73 Å². The third-order valence-electron chi connectivity index (χ3n) is 4.74. The van der Waals surface area contributed by atoms with Crippen molar-refractivity contribution in [1.82, 2.24) is 9.88 Å². The number of para-hydroxylation sites is 2. The van der Waals surface area contributed by atoms with Gasteiger partial charge in [0, 0.05) is 15.2 Å². The Balaban J connectivity index is 1.30. The van der Waals surface area contributed by atoms with Gasteiger partial charge in [0.05, 0.1) is 6.54 Å². The maximum atomic E-state index is 12.2. The molecule has 134 valence electrons. The molecule has 1 aliphatic heterocycles. The number of nitrogens with one attached hydrogen (secondary N) is 1. The van der Waals surface area contributed by atoms with E-state index in [4.69, 9.17) is 4.42 Å². The number of amides is 1. The van der Waals surface area contributed by atoms with Gasteiger partial charge in [-0.25, -0.2) is 4.98 Å². The molecule has 0 unspecified atom stereocenters. The Hall–Kier alpha value is -1.93. The van der Waals surface area contributed by atoms with Crippen molar-refractivity contribution in [3.05, 3.63) is 58.0 Å². The average Bonchev–Trinajstić information content (AvgIpc) is 3.08. The minimum absolute atomic E-state index is 0.0338. The third kappa shape index (κ3) is 4.07. The maximum Gasteiger partial charge on any atom is 0.238 e. The van der Waals surface area contributed by atoms with E-state index in [9.17, 15) is 4.79 Å². The summed E-state index contributed by atoms with van der Waals surface area (Å²) in [4.78, 5) is 19.1. The molecule has 1 amide bonds. The number of rotatable bonds is 4. The predicted octanol–water partition coefficient (Wildman–Crippen LogP) is 4.25. The van der Waals surface area contributed by atoms with E-state index in [0.29, 0.717) is 12.5 Å². The molecule has 0 spiro atoms. The Bertz CT molecular complexity index is 866. The van der Waals surface area contributed by atoms with Crippen LogP contribution in [-0.4, -0.2) is 35.4 Å². The largest absolute Gasteiger partial charge is 0.440 e. The molecular weight excluding hydrogens is 441 g/mol. The summed E-state index contributed by atoms with van der Waals surface area (Å²) >= 11 is 2.25. The van der Waals surface area contributed by atoms with E-state index >= 15 is 0 Å². The highest BCUT2D eigenvalue weighted by atomic mass is 127. The molecule has 1 aromatic heterocycles. The summed E-state index contributed by atoms with van der Waals surface area (Å²) < 4.78 is 7.06. The predicted molar refractivity (Wildman–Crippen MR) is 110 cm³/mol. The summed E-state index contributed by atoms with van der Waals surface area (Å²) in [6, 6.07) is 15.7. The number of nitrogens with zero attached hydrogens (tertiary/aromatic N) is 2. The third-order valence-corrected chi connectivity index (χ3v) is 5.46. The summed E-state index contributed by atoms with van der Waals surface area (Å²) in [5, 5.41) is 2.96. The van der Waals surface area contributed by atoms with E-state index in [0.717, 1.165) is 52.2 Å². The van der Waals surface area contributed by atoms with Crippen molar-refractivity contribution in [1.29, 1.82) is 0 Å². The molecule has 26 heavy (non-hydrogen) atoms. The number of halogens is 1. The van der Waals surface area contributed by atoms with E-state index in [1.54, 1.807) is 0 Å². The first-order chi connectivity index (χ1) is 12.7. The van der Waals surface area contributed by atoms with Gasteiger partial charge in [-0.1, -0.05) is 12.1 Å². The summed E-state index contributed by atoms with van der Waals surface area (Å²) in [6.45, 7) is 2.18. The summed E-state index contributed by atoms with van der Waals surface area (Å²) in [7, 11) is 0. The fraction of sp³-hybridized carbons (Fsp3) is 0.300. The van der Waals surface area contributed by atoms with Crippen LogP contribution in [0.2, 0.25) is 0 Å². The summed E-state index contributed by atoms with van der Waals surface area (Å²) in [6.07, 6.45) is 1.92. The lowest BCUT2D eigenvalue weighted by Crippen LogP contribution is -2.38. The van der Waals surface area contributed by atoms with Gasteiger partial charge in [-0.3, -0.25) is 9.69 Å². The van der Waals surface area contributed by atoms with Gasteiger partial charge in [-0.2, -0.15) is 0 Å². The van der Waals surface area contributed by atoms with Crippen LogP contribution in [0.3, 0.4) is 0 Å². The molecular formula is C20H20IN3O2. The lowest BCUT2D eigenvalue weighted by molar-refractivity contribution is -0.117. The van der Waals surface area contributed by atoms with Crippen LogP contribution < -0.4 is 5.32 Å². The second-order valence-electron chi connectivity index (χ2n) is 6.63. The van der Waals surface area contributed by atoms with Gasteiger partial charge >= 0.3 is 0 Å². The molecule has 2 aromatic carbocycles. The average molecular weight is 461 g/mol. The van der Waals surface area contributed by atoms with Crippen LogP contribution in [0.15, 0.2) is 52.9 Å². The first-order valence-electron chi connectivity index (χ1n) is 8.80.